The standard InChI is InChI=1S/C19H22N6O3/c1-13-5-2-3-8-19(13)17(27)24(18(28)23-19)12-16(26)22-14-6-7-15(20-11-14)25-10-4-9-21-25/h4,6-7,9-11,13H,2-3,5,8,12H2,1H3,(H,22,26)(H,23,28). The molecule has 2 aromatic heterocycles. The molecule has 2 aliphatic rings. The number of rotatable bonds is 4. The topological polar surface area (TPSA) is 109 Å². The fraction of sp³-hybridized carbons (Fsp3) is 0.421. The maximum absolute atomic E-state index is 12.9. The van der Waals surface area contributed by atoms with E-state index in [2.05, 4.69) is 20.7 Å². The number of nitrogens with zero attached hydrogens (tertiary/aromatic N) is 4. The SMILES string of the molecule is CC1CCCCC12NC(=O)N(CC(=O)Nc1ccc(-n3cccn3)nc1)C2=O. The monoisotopic (exact) mass is 382 g/mol. The normalized spacial score (nSPS) is 24.5. The first-order valence-corrected chi connectivity index (χ1v) is 9.40. The van der Waals surface area contributed by atoms with Crippen LogP contribution in [0.4, 0.5) is 10.5 Å². The Kier molecular flexibility index (Phi) is 4.58. The van der Waals surface area contributed by atoms with Gasteiger partial charge in [0.15, 0.2) is 5.82 Å². The maximum atomic E-state index is 12.9. The summed E-state index contributed by atoms with van der Waals surface area (Å²) in [5.41, 5.74) is -0.378. The number of carbonyl (C=O) groups excluding carboxylic acids is 3. The third-order valence-electron chi connectivity index (χ3n) is 5.57. The molecule has 2 atom stereocenters. The van der Waals surface area contributed by atoms with E-state index in [0.29, 0.717) is 17.9 Å². The van der Waals surface area contributed by atoms with Gasteiger partial charge < -0.3 is 10.6 Å². The first kappa shape index (κ1) is 18.1. The van der Waals surface area contributed by atoms with Crippen molar-refractivity contribution in [2.75, 3.05) is 11.9 Å². The molecule has 1 saturated carbocycles. The van der Waals surface area contributed by atoms with Gasteiger partial charge in [-0.2, -0.15) is 5.10 Å². The van der Waals surface area contributed by atoms with Crippen molar-refractivity contribution in [3.8, 4) is 5.82 Å². The van der Waals surface area contributed by atoms with Crippen molar-refractivity contribution in [2.45, 2.75) is 38.1 Å². The molecule has 4 rings (SSSR count). The van der Waals surface area contributed by atoms with Crippen molar-refractivity contribution >= 4 is 23.5 Å². The largest absolute Gasteiger partial charge is 0.325 e. The van der Waals surface area contributed by atoms with Crippen molar-refractivity contribution in [3.05, 3.63) is 36.8 Å². The fourth-order valence-corrected chi connectivity index (χ4v) is 3.98. The van der Waals surface area contributed by atoms with Crippen LogP contribution >= 0.6 is 0 Å². The number of hydrogen-bond donors (Lipinski definition) is 2. The third kappa shape index (κ3) is 3.12. The molecule has 9 nitrogen and oxygen atoms in total. The molecule has 1 spiro atoms. The second-order valence-electron chi connectivity index (χ2n) is 7.34. The summed E-state index contributed by atoms with van der Waals surface area (Å²) in [6.45, 7) is 1.66. The summed E-state index contributed by atoms with van der Waals surface area (Å²) in [6, 6.07) is 4.70. The molecule has 1 aliphatic carbocycles. The first-order chi connectivity index (χ1) is 13.5. The third-order valence-corrected chi connectivity index (χ3v) is 5.57. The second-order valence-corrected chi connectivity index (χ2v) is 7.34. The molecule has 1 saturated heterocycles. The highest BCUT2D eigenvalue weighted by atomic mass is 16.2. The molecule has 0 aromatic carbocycles. The predicted molar refractivity (Wildman–Crippen MR) is 101 cm³/mol. The van der Waals surface area contributed by atoms with Crippen molar-refractivity contribution in [3.63, 3.8) is 0 Å². The van der Waals surface area contributed by atoms with E-state index in [-0.39, 0.29) is 18.4 Å². The molecule has 2 aromatic rings. The molecular weight excluding hydrogens is 360 g/mol. The van der Waals surface area contributed by atoms with Gasteiger partial charge in [-0.05, 0) is 37.0 Å². The minimum atomic E-state index is -0.859. The van der Waals surface area contributed by atoms with Crippen LogP contribution in [-0.2, 0) is 9.59 Å². The molecule has 3 heterocycles. The number of carbonyl (C=O) groups is 3. The predicted octanol–water partition coefficient (Wildman–Crippen LogP) is 1.71. The molecule has 2 fully saturated rings. The van der Waals surface area contributed by atoms with Crippen LogP contribution in [0.15, 0.2) is 36.8 Å². The highest BCUT2D eigenvalue weighted by Gasteiger charge is 2.55. The van der Waals surface area contributed by atoms with Crippen LogP contribution in [-0.4, -0.2) is 49.6 Å². The van der Waals surface area contributed by atoms with E-state index in [4.69, 9.17) is 0 Å². The Morgan fingerprint density at radius 1 is 1.36 bits per heavy atom. The number of anilines is 1. The zero-order valence-electron chi connectivity index (χ0n) is 15.6. The Morgan fingerprint density at radius 2 is 2.21 bits per heavy atom. The average Bonchev–Trinajstić information content (AvgIpc) is 3.29. The smallest absolute Gasteiger partial charge is 0.323 e. The van der Waals surface area contributed by atoms with Gasteiger partial charge in [-0.25, -0.2) is 14.5 Å². The zero-order valence-corrected chi connectivity index (χ0v) is 15.6. The first-order valence-electron chi connectivity index (χ1n) is 9.40. The number of pyridine rings is 1. The summed E-state index contributed by atoms with van der Waals surface area (Å²) in [7, 11) is 0. The van der Waals surface area contributed by atoms with E-state index in [1.807, 2.05) is 6.92 Å². The second kappa shape index (κ2) is 7.06. The Morgan fingerprint density at radius 3 is 2.89 bits per heavy atom. The average molecular weight is 382 g/mol. The van der Waals surface area contributed by atoms with Gasteiger partial charge in [0, 0.05) is 12.4 Å². The van der Waals surface area contributed by atoms with E-state index >= 15 is 0 Å². The van der Waals surface area contributed by atoms with Crippen molar-refractivity contribution in [1.29, 1.82) is 0 Å². The van der Waals surface area contributed by atoms with Crippen LogP contribution < -0.4 is 10.6 Å². The van der Waals surface area contributed by atoms with Gasteiger partial charge in [0.2, 0.25) is 5.91 Å². The Hall–Kier alpha value is -3.23. The highest BCUT2D eigenvalue weighted by molar-refractivity contribution is 6.10. The van der Waals surface area contributed by atoms with Gasteiger partial charge in [-0.3, -0.25) is 14.5 Å². The van der Waals surface area contributed by atoms with Gasteiger partial charge in [-0.15, -0.1) is 0 Å². The summed E-state index contributed by atoms with van der Waals surface area (Å²) >= 11 is 0. The van der Waals surface area contributed by atoms with E-state index < -0.39 is 17.5 Å². The molecule has 4 amide bonds. The van der Waals surface area contributed by atoms with E-state index in [1.165, 1.54) is 6.20 Å². The number of imide groups is 1. The molecule has 0 radical (unpaired) electrons. The fourth-order valence-electron chi connectivity index (χ4n) is 3.98. The van der Waals surface area contributed by atoms with Gasteiger partial charge >= 0.3 is 6.03 Å². The van der Waals surface area contributed by atoms with Crippen molar-refractivity contribution in [2.24, 2.45) is 5.92 Å². The molecular formula is C19H22N6O3. The molecule has 0 bridgehead atoms. The number of hydrogen-bond acceptors (Lipinski definition) is 5. The summed E-state index contributed by atoms with van der Waals surface area (Å²) in [5.74, 6) is -0.0696. The minimum Gasteiger partial charge on any atom is -0.323 e. The van der Waals surface area contributed by atoms with E-state index in [1.54, 1.807) is 35.3 Å². The summed E-state index contributed by atoms with van der Waals surface area (Å²) in [6.07, 6.45) is 8.37. The lowest BCUT2D eigenvalue weighted by Crippen LogP contribution is -2.54. The van der Waals surface area contributed by atoms with Crippen LogP contribution in [0.5, 0.6) is 0 Å². The number of urea groups is 1. The molecule has 146 valence electrons. The van der Waals surface area contributed by atoms with E-state index in [0.717, 1.165) is 24.2 Å². The Labute approximate surface area is 162 Å². The number of aromatic nitrogens is 3. The molecule has 2 N–H and O–H groups in total. The van der Waals surface area contributed by atoms with Crippen LogP contribution in [0.3, 0.4) is 0 Å². The molecule has 2 unspecified atom stereocenters. The lowest BCUT2D eigenvalue weighted by Gasteiger charge is -2.36. The van der Waals surface area contributed by atoms with Crippen LogP contribution in [0.1, 0.15) is 32.6 Å². The van der Waals surface area contributed by atoms with Crippen LogP contribution in [0.25, 0.3) is 5.82 Å². The molecule has 1 aliphatic heterocycles. The van der Waals surface area contributed by atoms with Gasteiger partial charge in [0.1, 0.15) is 12.1 Å². The van der Waals surface area contributed by atoms with Crippen molar-refractivity contribution in [1.82, 2.24) is 25.0 Å². The summed E-state index contributed by atoms with van der Waals surface area (Å²) < 4.78 is 1.60. The number of amides is 4. The number of nitrogens with one attached hydrogen (secondary N) is 2. The van der Waals surface area contributed by atoms with Crippen LogP contribution in [0.2, 0.25) is 0 Å². The highest BCUT2D eigenvalue weighted by Crippen LogP contribution is 2.38. The van der Waals surface area contributed by atoms with Gasteiger partial charge in [0.05, 0.1) is 11.9 Å². The zero-order chi connectivity index (χ0) is 19.7. The lowest BCUT2D eigenvalue weighted by molar-refractivity contribution is -0.136. The van der Waals surface area contributed by atoms with E-state index in [9.17, 15) is 14.4 Å². The lowest BCUT2D eigenvalue weighted by atomic mass is 9.73. The van der Waals surface area contributed by atoms with Gasteiger partial charge in [-0.1, -0.05) is 19.8 Å². The minimum absolute atomic E-state index is 0.0600. The van der Waals surface area contributed by atoms with Crippen molar-refractivity contribution < 1.29 is 14.4 Å². The maximum Gasteiger partial charge on any atom is 0.325 e. The van der Waals surface area contributed by atoms with Crippen LogP contribution in [0, 0.1) is 5.92 Å². The summed E-state index contributed by atoms with van der Waals surface area (Å²) in [5, 5.41) is 9.61. The molecule has 28 heavy (non-hydrogen) atoms. The summed E-state index contributed by atoms with van der Waals surface area (Å²) in [4.78, 5) is 42.9. The molecule has 9 heteroatoms. The van der Waals surface area contributed by atoms with Gasteiger partial charge in [0.25, 0.3) is 5.91 Å². The quantitative estimate of drug-likeness (QED) is 0.783. The Bertz CT molecular complexity index is 895. The Balaban J connectivity index is 1.41.